The van der Waals surface area contributed by atoms with Crippen molar-refractivity contribution < 1.29 is 0 Å². The van der Waals surface area contributed by atoms with E-state index in [1.165, 1.54) is 0 Å². The van der Waals surface area contributed by atoms with Gasteiger partial charge in [-0.25, -0.2) is 9.67 Å². The van der Waals surface area contributed by atoms with Crippen LogP contribution >= 0.6 is 22.6 Å². The molecule has 5 heteroatoms. The van der Waals surface area contributed by atoms with Gasteiger partial charge in [-0.1, -0.05) is 48.5 Å². The molecule has 1 aliphatic carbocycles. The van der Waals surface area contributed by atoms with Gasteiger partial charge in [0.15, 0.2) is 11.3 Å². The molecule has 4 nitrogen and oxygen atoms in total. The first kappa shape index (κ1) is 15.0. The van der Waals surface area contributed by atoms with Crippen molar-refractivity contribution >= 4 is 22.6 Å². The van der Waals surface area contributed by atoms with Crippen molar-refractivity contribution in [1.82, 2.24) is 14.8 Å². The molecule has 0 saturated carbocycles. The number of benzene rings is 3. The highest BCUT2D eigenvalue weighted by Gasteiger charge is 2.18. The molecule has 24 heavy (non-hydrogen) atoms. The van der Waals surface area contributed by atoms with Crippen LogP contribution in [0, 0.1) is 3.57 Å². The fourth-order valence-corrected chi connectivity index (χ4v) is 3.26. The third kappa shape index (κ3) is 2.60. The third-order valence-corrected chi connectivity index (χ3v) is 4.77. The van der Waals surface area contributed by atoms with Gasteiger partial charge in [0, 0.05) is 5.56 Å². The van der Waals surface area contributed by atoms with Gasteiger partial charge in [0.25, 0.3) is 0 Å². The Bertz CT molecular complexity index is 1030. The first-order valence-electron chi connectivity index (χ1n) is 7.44. The molecule has 2 aliphatic rings. The lowest BCUT2D eigenvalue weighted by Gasteiger charge is -2.17. The molecule has 0 spiro atoms. The summed E-state index contributed by atoms with van der Waals surface area (Å²) >= 11 is 2.07. The molecular formula is C19H12IN3O. The zero-order chi connectivity index (χ0) is 16.5. The Labute approximate surface area is 152 Å². The highest BCUT2D eigenvalue weighted by molar-refractivity contribution is 14.1. The summed E-state index contributed by atoms with van der Waals surface area (Å²) in [6, 6.07) is 22.9. The van der Waals surface area contributed by atoms with Crippen molar-refractivity contribution in [1.29, 1.82) is 0 Å². The minimum atomic E-state index is -0.0242. The number of para-hydroxylation sites is 1. The van der Waals surface area contributed by atoms with E-state index < -0.39 is 0 Å². The standard InChI is InChI=1S/C19H12IN3O/c20-17-16(24)12-11-15-18(17)23(14-9-5-2-6-10-14)22-19(21-15)13-7-3-1-4-8-13/h1-12H. The number of rotatable bonds is 2. The van der Waals surface area contributed by atoms with Gasteiger partial charge in [-0.3, -0.25) is 4.79 Å². The van der Waals surface area contributed by atoms with Crippen LogP contribution in [0.5, 0.6) is 0 Å². The maximum absolute atomic E-state index is 12.1. The van der Waals surface area contributed by atoms with Crippen molar-refractivity contribution in [3.05, 3.63) is 86.6 Å². The van der Waals surface area contributed by atoms with Crippen molar-refractivity contribution in [2.45, 2.75) is 0 Å². The van der Waals surface area contributed by atoms with E-state index in [0.29, 0.717) is 9.39 Å². The van der Waals surface area contributed by atoms with E-state index >= 15 is 0 Å². The molecule has 0 aromatic heterocycles. The number of hydrogen-bond acceptors (Lipinski definition) is 3. The average Bonchev–Trinajstić information content (AvgIpc) is 2.65. The van der Waals surface area contributed by atoms with Gasteiger partial charge in [-0.15, -0.1) is 5.10 Å². The first-order valence-corrected chi connectivity index (χ1v) is 8.52. The smallest absolute Gasteiger partial charge is 0.194 e. The molecule has 2 aromatic rings. The Kier molecular flexibility index (Phi) is 3.86. The van der Waals surface area contributed by atoms with Crippen LogP contribution in [0.15, 0.2) is 77.6 Å². The van der Waals surface area contributed by atoms with Crippen LogP contribution in [0.2, 0.25) is 0 Å². The predicted octanol–water partition coefficient (Wildman–Crippen LogP) is 4.00. The molecule has 0 bridgehead atoms. The molecule has 0 atom stereocenters. The Morgan fingerprint density at radius 2 is 1.50 bits per heavy atom. The summed E-state index contributed by atoms with van der Waals surface area (Å²) in [7, 11) is 0. The van der Waals surface area contributed by atoms with Crippen LogP contribution in [0.1, 0.15) is 0 Å². The molecule has 0 N–H and O–H groups in total. The molecule has 1 heterocycles. The van der Waals surface area contributed by atoms with Gasteiger partial charge in [-0.05, 0) is 46.9 Å². The molecule has 0 unspecified atom stereocenters. The lowest BCUT2D eigenvalue weighted by atomic mass is 10.1. The van der Waals surface area contributed by atoms with E-state index in [2.05, 4.69) is 27.6 Å². The summed E-state index contributed by atoms with van der Waals surface area (Å²) in [5.41, 5.74) is 3.28. The van der Waals surface area contributed by atoms with Crippen molar-refractivity contribution in [3.8, 4) is 28.5 Å². The number of aromatic nitrogens is 3. The summed E-state index contributed by atoms with van der Waals surface area (Å²) in [5.74, 6) is 0.626. The summed E-state index contributed by atoms with van der Waals surface area (Å²) in [5, 5.41) is 4.71. The fourth-order valence-electron chi connectivity index (χ4n) is 2.57. The molecule has 0 saturated heterocycles. The highest BCUT2D eigenvalue weighted by atomic mass is 127. The number of halogens is 1. The van der Waals surface area contributed by atoms with Crippen LogP contribution in [-0.2, 0) is 0 Å². The van der Waals surface area contributed by atoms with Gasteiger partial charge in [0.2, 0.25) is 0 Å². The number of hydrogen-bond donors (Lipinski definition) is 0. The number of fused-ring (bicyclic) bond motifs is 1. The highest BCUT2D eigenvalue weighted by Crippen LogP contribution is 2.27. The molecule has 0 fully saturated rings. The van der Waals surface area contributed by atoms with E-state index in [0.717, 1.165) is 22.6 Å². The second-order valence-corrected chi connectivity index (χ2v) is 6.37. The Hall–Kier alpha value is -2.54. The van der Waals surface area contributed by atoms with Crippen LogP contribution < -0.4 is 5.43 Å². The maximum Gasteiger partial charge on any atom is 0.194 e. The van der Waals surface area contributed by atoms with E-state index in [1.54, 1.807) is 16.8 Å². The van der Waals surface area contributed by atoms with Crippen LogP contribution in [0.25, 0.3) is 28.5 Å². The molecule has 0 radical (unpaired) electrons. The molecule has 116 valence electrons. The first-order chi connectivity index (χ1) is 11.7. The van der Waals surface area contributed by atoms with Gasteiger partial charge >= 0.3 is 0 Å². The quantitative estimate of drug-likeness (QED) is 0.456. The lowest BCUT2D eigenvalue weighted by molar-refractivity contribution is 0.824. The van der Waals surface area contributed by atoms with E-state index in [4.69, 9.17) is 5.10 Å². The van der Waals surface area contributed by atoms with Crippen LogP contribution in [0.4, 0.5) is 0 Å². The normalized spacial score (nSPS) is 10.9. The Morgan fingerprint density at radius 1 is 0.833 bits per heavy atom. The zero-order valence-electron chi connectivity index (χ0n) is 12.6. The minimum absolute atomic E-state index is 0.0242. The lowest BCUT2D eigenvalue weighted by Crippen LogP contribution is -2.16. The maximum atomic E-state index is 12.1. The summed E-state index contributed by atoms with van der Waals surface area (Å²) in [4.78, 5) is 16.8. The average molecular weight is 425 g/mol. The van der Waals surface area contributed by atoms with E-state index in [-0.39, 0.29) is 5.43 Å². The summed E-state index contributed by atoms with van der Waals surface area (Å²) in [6.07, 6.45) is 0. The van der Waals surface area contributed by atoms with Crippen LogP contribution in [-0.4, -0.2) is 14.8 Å². The van der Waals surface area contributed by atoms with E-state index in [1.807, 2.05) is 60.7 Å². The van der Waals surface area contributed by atoms with Gasteiger partial charge in [0.1, 0.15) is 5.69 Å². The third-order valence-electron chi connectivity index (χ3n) is 3.73. The summed E-state index contributed by atoms with van der Waals surface area (Å²) in [6.45, 7) is 0. The molecular weight excluding hydrogens is 413 g/mol. The molecule has 2 aromatic carbocycles. The molecule has 0 amide bonds. The SMILES string of the molecule is O=c1ccc2nc(-c3ccccc3)nn(-c3ccccc3)c-2c1I. The number of nitrogens with zero attached hydrogens (tertiary/aromatic N) is 3. The monoisotopic (exact) mass is 425 g/mol. The second kappa shape index (κ2) is 6.16. The Morgan fingerprint density at radius 3 is 2.21 bits per heavy atom. The zero-order valence-corrected chi connectivity index (χ0v) is 14.7. The topological polar surface area (TPSA) is 47.8 Å². The van der Waals surface area contributed by atoms with Crippen molar-refractivity contribution in [3.63, 3.8) is 0 Å². The van der Waals surface area contributed by atoms with Crippen molar-refractivity contribution in [2.75, 3.05) is 0 Å². The van der Waals surface area contributed by atoms with Crippen LogP contribution in [0.3, 0.4) is 0 Å². The minimum Gasteiger partial charge on any atom is -0.289 e. The van der Waals surface area contributed by atoms with Gasteiger partial charge in [-0.2, -0.15) is 0 Å². The second-order valence-electron chi connectivity index (χ2n) is 5.29. The predicted molar refractivity (Wildman–Crippen MR) is 102 cm³/mol. The van der Waals surface area contributed by atoms with Gasteiger partial charge < -0.3 is 0 Å². The molecule has 4 rings (SSSR count). The van der Waals surface area contributed by atoms with E-state index in [9.17, 15) is 4.79 Å². The summed E-state index contributed by atoms with van der Waals surface area (Å²) < 4.78 is 2.42. The Balaban J connectivity index is 2.08. The fraction of sp³-hybridized carbons (Fsp3) is 0. The van der Waals surface area contributed by atoms with Gasteiger partial charge in [0.05, 0.1) is 15.0 Å². The largest absolute Gasteiger partial charge is 0.289 e. The molecule has 1 aliphatic heterocycles. The van der Waals surface area contributed by atoms with Crippen molar-refractivity contribution in [2.24, 2.45) is 0 Å².